The molecule has 1 aliphatic heterocycles. The molecule has 0 aromatic heterocycles. The van der Waals surface area contributed by atoms with E-state index in [0.29, 0.717) is 17.9 Å². The topological polar surface area (TPSA) is 51.5 Å². The van der Waals surface area contributed by atoms with Gasteiger partial charge in [0.05, 0.1) is 23.8 Å². The minimum absolute atomic E-state index is 0.0109. The Balaban J connectivity index is 1.66. The zero-order chi connectivity index (χ0) is 19.3. The van der Waals surface area contributed by atoms with Crippen LogP contribution >= 0.6 is 0 Å². The van der Waals surface area contributed by atoms with Crippen LogP contribution < -0.4 is 9.47 Å². The van der Waals surface area contributed by atoms with E-state index in [2.05, 4.69) is 0 Å². The van der Waals surface area contributed by atoms with Crippen LogP contribution in [-0.4, -0.2) is 12.9 Å². The van der Waals surface area contributed by atoms with Gasteiger partial charge in [0, 0.05) is 12.0 Å². The van der Waals surface area contributed by atoms with Crippen molar-refractivity contribution in [2.45, 2.75) is 31.7 Å². The number of hydrogen-bond donors (Lipinski definition) is 0. The summed E-state index contributed by atoms with van der Waals surface area (Å²) in [5.74, 6) is 0.582. The summed E-state index contributed by atoms with van der Waals surface area (Å²) in [5.41, 5.74) is -0.846. The van der Waals surface area contributed by atoms with Crippen molar-refractivity contribution < 1.29 is 27.4 Å². The first-order valence-electron chi connectivity index (χ1n) is 8.45. The first kappa shape index (κ1) is 19.1. The summed E-state index contributed by atoms with van der Waals surface area (Å²) in [4.78, 5) is 0. The molecule has 0 N–H and O–H groups in total. The molecule has 1 saturated heterocycles. The second-order valence-electron chi connectivity index (χ2n) is 6.04. The van der Waals surface area contributed by atoms with Crippen molar-refractivity contribution in [3.05, 3.63) is 65.8 Å². The van der Waals surface area contributed by atoms with Crippen molar-refractivity contribution in [2.75, 3.05) is 6.61 Å². The fourth-order valence-corrected chi connectivity index (χ4v) is 2.68. The Bertz CT molecular complexity index is 824. The van der Waals surface area contributed by atoms with Crippen LogP contribution in [0.2, 0.25) is 0 Å². The van der Waals surface area contributed by atoms with E-state index in [-0.39, 0.29) is 12.0 Å². The van der Waals surface area contributed by atoms with E-state index in [1.54, 1.807) is 24.3 Å². The van der Waals surface area contributed by atoms with Gasteiger partial charge in [0.15, 0.2) is 12.9 Å². The first-order valence-corrected chi connectivity index (χ1v) is 8.45. The highest BCUT2D eigenvalue weighted by Gasteiger charge is 2.34. The van der Waals surface area contributed by atoms with Gasteiger partial charge < -0.3 is 14.2 Å². The molecular formula is C20H17F3NO3. The molecule has 7 heteroatoms. The Morgan fingerprint density at radius 3 is 2.67 bits per heavy atom. The molecule has 0 bridgehead atoms. The summed E-state index contributed by atoms with van der Waals surface area (Å²) in [5, 5.41) is 8.82. The Kier molecular flexibility index (Phi) is 5.87. The van der Waals surface area contributed by atoms with Crippen LogP contribution in [0.25, 0.3) is 0 Å². The molecule has 0 saturated carbocycles. The fourth-order valence-electron chi connectivity index (χ4n) is 2.68. The second-order valence-corrected chi connectivity index (χ2v) is 6.04. The summed E-state index contributed by atoms with van der Waals surface area (Å²) >= 11 is 0. The highest BCUT2D eigenvalue weighted by molar-refractivity contribution is 5.44. The first-order chi connectivity index (χ1) is 13.0. The number of hydrogen-bond acceptors (Lipinski definition) is 4. The molecular weight excluding hydrogens is 359 g/mol. The van der Waals surface area contributed by atoms with Crippen molar-refractivity contribution in [3.63, 3.8) is 0 Å². The third-order valence-electron chi connectivity index (χ3n) is 4.01. The number of alkyl halides is 3. The minimum Gasteiger partial charge on any atom is -0.481 e. The molecule has 3 rings (SSSR count). The Hall–Kier alpha value is -2.72. The molecule has 1 radical (unpaired) electrons. The van der Waals surface area contributed by atoms with Gasteiger partial charge in [0.1, 0.15) is 11.5 Å². The summed E-state index contributed by atoms with van der Waals surface area (Å²) in [6.45, 7) is 2.00. The number of nitriles is 1. The zero-order valence-electron chi connectivity index (χ0n) is 14.3. The van der Waals surface area contributed by atoms with Crippen molar-refractivity contribution in [3.8, 4) is 17.6 Å². The molecule has 1 heterocycles. The second kappa shape index (κ2) is 8.31. The Morgan fingerprint density at radius 2 is 1.96 bits per heavy atom. The van der Waals surface area contributed by atoms with Crippen LogP contribution in [-0.2, 0) is 10.9 Å². The van der Waals surface area contributed by atoms with E-state index in [1.165, 1.54) is 18.7 Å². The zero-order valence-corrected chi connectivity index (χ0v) is 14.3. The third kappa shape index (κ3) is 5.14. The molecule has 1 aliphatic rings. The normalized spacial score (nSPS) is 17.2. The lowest BCUT2D eigenvalue weighted by Gasteiger charge is -2.23. The molecule has 0 aliphatic carbocycles. The van der Waals surface area contributed by atoms with E-state index in [4.69, 9.17) is 19.5 Å². The van der Waals surface area contributed by atoms with E-state index in [0.717, 1.165) is 31.4 Å². The van der Waals surface area contributed by atoms with Crippen LogP contribution in [0, 0.1) is 17.9 Å². The monoisotopic (exact) mass is 376 g/mol. The van der Waals surface area contributed by atoms with Gasteiger partial charge in [-0.2, -0.15) is 18.4 Å². The molecule has 1 fully saturated rings. The standard InChI is InChI=1S/C20H17F3NO3/c21-20(22,23)18-11-16(8-7-15(18)12-24)26-13-14-4-3-5-17(10-14)27-19-6-1-2-9-25-19/h3-5,7-8,10-11,13,19H,1-2,6,9H2. The number of halogens is 3. The number of benzene rings is 2. The van der Waals surface area contributed by atoms with E-state index in [9.17, 15) is 13.2 Å². The van der Waals surface area contributed by atoms with Crippen LogP contribution in [0.1, 0.15) is 36.0 Å². The number of ether oxygens (including phenoxy) is 3. The Morgan fingerprint density at radius 1 is 1.11 bits per heavy atom. The highest BCUT2D eigenvalue weighted by Crippen LogP contribution is 2.34. The predicted molar refractivity (Wildman–Crippen MR) is 90.9 cm³/mol. The quantitative estimate of drug-likeness (QED) is 0.731. The van der Waals surface area contributed by atoms with Gasteiger partial charge in [-0.15, -0.1) is 0 Å². The van der Waals surface area contributed by atoms with E-state index < -0.39 is 17.3 Å². The predicted octanol–water partition coefficient (Wildman–Crippen LogP) is 5.07. The summed E-state index contributed by atoms with van der Waals surface area (Å²) < 4.78 is 55.7. The third-order valence-corrected chi connectivity index (χ3v) is 4.01. The molecule has 4 nitrogen and oxygen atoms in total. The SMILES string of the molecule is N#Cc1ccc(O[CH]c2cccc(OC3CCCCO3)c2)cc1C(F)(F)F. The summed E-state index contributed by atoms with van der Waals surface area (Å²) in [6.07, 6.45) is -2.04. The molecule has 2 aromatic carbocycles. The molecule has 2 aromatic rings. The average molecular weight is 376 g/mol. The maximum Gasteiger partial charge on any atom is 0.417 e. The van der Waals surface area contributed by atoms with Crippen molar-refractivity contribution in [1.82, 2.24) is 0 Å². The fraction of sp³-hybridized carbons (Fsp3) is 0.300. The largest absolute Gasteiger partial charge is 0.481 e. The van der Waals surface area contributed by atoms with Gasteiger partial charge >= 0.3 is 6.18 Å². The lowest BCUT2D eigenvalue weighted by Crippen LogP contribution is -2.24. The summed E-state index contributed by atoms with van der Waals surface area (Å²) in [7, 11) is 0. The highest BCUT2D eigenvalue weighted by atomic mass is 19.4. The van der Waals surface area contributed by atoms with Gasteiger partial charge in [-0.3, -0.25) is 0 Å². The van der Waals surface area contributed by atoms with E-state index >= 15 is 0 Å². The van der Waals surface area contributed by atoms with Gasteiger partial charge in [-0.1, -0.05) is 12.1 Å². The van der Waals surface area contributed by atoms with E-state index in [1.807, 2.05) is 0 Å². The van der Waals surface area contributed by atoms with Crippen LogP contribution in [0.5, 0.6) is 11.5 Å². The van der Waals surface area contributed by atoms with Crippen LogP contribution in [0.3, 0.4) is 0 Å². The molecule has 1 unspecified atom stereocenters. The maximum absolute atomic E-state index is 13.0. The van der Waals surface area contributed by atoms with Gasteiger partial charge in [0.25, 0.3) is 0 Å². The van der Waals surface area contributed by atoms with Gasteiger partial charge in [-0.25, -0.2) is 0 Å². The van der Waals surface area contributed by atoms with Crippen LogP contribution in [0.4, 0.5) is 13.2 Å². The molecule has 1 atom stereocenters. The Labute approximate surface area is 155 Å². The smallest absolute Gasteiger partial charge is 0.417 e. The number of nitrogens with zero attached hydrogens (tertiary/aromatic N) is 1. The van der Waals surface area contributed by atoms with Gasteiger partial charge in [0.2, 0.25) is 0 Å². The van der Waals surface area contributed by atoms with Crippen molar-refractivity contribution in [1.29, 1.82) is 5.26 Å². The number of rotatable bonds is 5. The van der Waals surface area contributed by atoms with Crippen LogP contribution in [0.15, 0.2) is 42.5 Å². The van der Waals surface area contributed by atoms with Crippen molar-refractivity contribution in [2.24, 2.45) is 0 Å². The van der Waals surface area contributed by atoms with Gasteiger partial charge in [-0.05, 0) is 43.2 Å². The van der Waals surface area contributed by atoms with Crippen molar-refractivity contribution >= 4 is 0 Å². The molecule has 0 spiro atoms. The maximum atomic E-state index is 13.0. The lowest BCUT2D eigenvalue weighted by molar-refractivity contribution is -0.137. The lowest BCUT2D eigenvalue weighted by atomic mass is 10.1. The molecule has 27 heavy (non-hydrogen) atoms. The average Bonchev–Trinajstić information content (AvgIpc) is 2.66. The molecule has 141 valence electrons. The minimum atomic E-state index is -4.63. The molecule has 0 amide bonds. The summed E-state index contributed by atoms with van der Waals surface area (Å²) in [6, 6.07) is 11.7.